The maximum absolute atomic E-state index is 3.49. The molecular formula is C6H10BrNS. The molecule has 0 aromatic carbocycles. The summed E-state index contributed by atoms with van der Waals surface area (Å²) in [4.78, 5) is 3.60. The Bertz CT molecular complexity index is 155. The topological polar surface area (TPSA) is 3.24 Å². The van der Waals surface area contributed by atoms with Crippen molar-refractivity contribution in [2.45, 2.75) is 19.2 Å². The zero-order valence-electron chi connectivity index (χ0n) is 5.81. The van der Waals surface area contributed by atoms with Gasteiger partial charge in [-0.2, -0.15) is 0 Å². The molecule has 52 valence electrons. The molecule has 0 aliphatic carbocycles. The second kappa shape index (κ2) is 2.54. The van der Waals surface area contributed by atoms with Gasteiger partial charge >= 0.3 is 0 Å². The lowest BCUT2D eigenvalue weighted by Crippen LogP contribution is -2.17. The Morgan fingerprint density at radius 2 is 2.22 bits per heavy atom. The zero-order chi connectivity index (χ0) is 7.02. The molecule has 3 heteroatoms. The van der Waals surface area contributed by atoms with Crippen molar-refractivity contribution in [3.63, 3.8) is 0 Å². The quantitative estimate of drug-likeness (QED) is 0.563. The van der Waals surface area contributed by atoms with Crippen LogP contribution in [0.3, 0.4) is 0 Å². The molecule has 0 aromatic rings. The summed E-state index contributed by atoms with van der Waals surface area (Å²) in [6.07, 6.45) is 0. The predicted molar refractivity (Wildman–Crippen MR) is 46.4 cm³/mol. The minimum absolute atomic E-state index is 0.597. The van der Waals surface area contributed by atoms with E-state index in [9.17, 15) is 0 Å². The molecule has 1 nitrogen and oxygen atoms in total. The number of thioether (sulfide) groups is 1. The summed E-state index contributed by atoms with van der Waals surface area (Å²) in [5.41, 5.74) is 0. The van der Waals surface area contributed by atoms with Crippen LogP contribution < -0.4 is 0 Å². The molecule has 1 rings (SSSR count). The molecule has 0 saturated carbocycles. The molecule has 1 aliphatic heterocycles. The molecule has 0 saturated heterocycles. The Morgan fingerprint density at radius 3 is 2.33 bits per heavy atom. The number of rotatable bonds is 0. The van der Waals surface area contributed by atoms with Crippen LogP contribution in [0.25, 0.3) is 0 Å². The first-order valence-corrected chi connectivity index (χ1v) is 4.56. The first-order valence-electron chi connectivity index (χ1n) is 2.89. The van der Waals surface area contributed by atoms with Gasteiger partial charge in [-0.3, -0.25) is 0 Å². The normalized spacial score (nSPS) is 28.0. The van der Waals surface area contributed by atoms with Crippen LogP contribution in [0.15, 0.2) is 9.51 Å². The summed E-state index contributed by atoms with van der Waals surface area (Å²) in [6, 6.07) is 0. The summed E-state index contributed by atoms with van der Waals surface area (Å²) in [7, 11) is 2.10. The predicted octanol–water partition coefficient (Wildman–Crippen LogP) is 2.59. The van der Waals surface area contributed by atoms with Crippen LogP contribution in [-0.4, -0.2) is 17.3 Å². The summed E-state index contributed by atoms with van der Waals surface area (Å²) in [5.74, 6) is 0. The van der Waals surface area contributed by atoms with Crippen molar-refractivity contribution in [3.8, 4) is 0 Å². The van der Waals surface area contributed by atoms with E-state index in [1.807, 2.05) is 11.8 Å². The van der Waals surface area contributed by atoms with Gasteiger partial charge < -0.3 is 4.90 Å². The summed E-state index contributed by atoms with van der Waals surface area (Å²) in [6.45, 7) is 4.33. The fourth-order valence-corrected chi connectivity index (χ4v) is 2.53. The molecule has 1 unspecified atom stereocenters. The molecule has 0 bridgehead atoms. The van der Waals surface area contributed by atoms with Crippen molar-refractivity contribution in [1.29, 1.82) is 0 Å². The van der Waals surface area contributed by atoms with E-state index < -0.39 is 0 Å². The third kappa shape index (κ3) is 1.27. The molecule has 0 N–H and O–H groups in total. The molecule has 9 heavy (non-hydrogen) atoms. The number of nitrogens with zero attached hydrogens (tertiary/aromatic N) is 1. The Balaban J connectivity index is 2.74. The van der Waals surface area contributed by atoms with Crippen molar-refractivity contribution < 1.29 is 0 Å². The summed E-state index contributed by atoms with van der Waals surface area (Å²) >= 11 is 5.39. The number of hydrogen-bond donors (Lipinski definition) is 0. The van der Waals surface area contributed by atoms with E-state index in [0.29, 0.717) is 5.37 Å². The summed E-state index contributed by atoms with van der Waals surface area (Å²) in [5, 5.41) is 0.597. The van der Waals surface area contributed by atoms with Gasteiger partial charge in [-0.05, 0) is 29.8 Å². The van der Waals surface area contributed by atoms with Crippen LogP contribution in [-0.2, 0) is 0 Å². The Kier molecular flexibility index (Phi) is 2.11. The average Bonchev–Trinajstić information content (AvgIpc) is 1.98. The highest BCUT2D eigenvalue weighted by Crippen LogP contribution is 2.38. The molecule has 1 atom stereocenters. The van der Waals surface area contributed by atoms with Gasteiger partial charge in [-0.15, -0.1) is 11.8 Å². The second-order valence-corrected chi connectivity index (χ2v) is 4.46. The molecule has 1 heterocycles. The van der Waals surface area contributed by atoms with Gasteiger partial charge in [0.05, 0.1) is 9.98 Å². The minimum atomic E-state index is 0.597. The van der Waals surface area contributed by atoms with Crippen molar-refractivity contribution in [1.82, 2.24) is 4.90 Å². The Morgan fingerprint density at radius 1 is 1.67 bits per heavy atom. The largest absolute Gasteiger partial charge is 0.356 e. The number of allylic oxidation sites excluding steroid dienone is 1. The fraction of sp³-hybridized carbons (Fsp3) is 0.667. The Labute approximate surface area is 68.6 Å². The van der Waals surface area contributed by atoms with Gasteiger partial charge in [0.2, 0.25) is 0 Å². The number of hydrogen-bond acceptors (Lipinski definition) is 2. The highest BCUT2D eigenvalue weighted by molar-refractivity contribution is 9.11. The molecule has 0 aromatic heterocycles. The van der Waals surface area contributed by atoms with Crippen LogP contribution in [0, 0.1) is 0 Å². The second-order valence-electron chi connectivity index (χ2n) is 2.18. The lowest BCUT2D eigenvalue weighted by Gasteiger charge is -2.16. The van der Waals surface area contributed by atoms with Crippen molar-refractivity contribution >= 4 is 27.7 Å². The van der Waals surface area contributed by atoms with Gasteiger partial charge in [0, 0.05) is 12.0 Å². The van der Waals surface area contributed by atoms with Crippen molar-refractivity contribution in [2.75, 3.05) is 7.05 Å². The lowest BCUT2D eigenvalue weighted by molar-refractivity contribution is 0.451. The van der Waals surface area contributed by atoms with E-state index in [4.69, 9.17) is 0 Å². The van der Waals surface area contributed by atoms with Crippen LogP contribution in [0.2, 0.25) is 0 Å². The van der Waals surface area contributed by atoms with Crippen molar-refractivity contribution in [3.05, 3.63) is 9.51 Å². The van der Waals surface area contributed by atoms with Crippen LogP contribution in [0.1, 0.15) is 13.8 Å². The van der Waals surface area contributed by atoms with Gasteiger partial charge in [0.1, 0.15) is 0 Å². The van der Waals surface area contributed by atoms with E-state index in [0.717, 1.165) is 0 Å². The zero-order valence-corrected chi connectivity index (χ0v) is 8.21. The molecule has 1 aliphatic rings. The molecule has 0 amide bonds. The first kappa shape index (κ1) is 7.48. The van der Waals surface area contributed by atoms with E-state index >= 15 is 0 Å². The fourth-order valence-electron chi connectivity index (χ4n) is 0.791. The third-order valence-electron chi connectivity index (χ3n) is 1.49. The molecule has 0 radical (unpaired) electrons. The van der Waals surface area contributed by atoms with Crippen LogP contribution >= 0.6 is 27.7 Å². The maximum atomic E-state index is 3.49. The smallest absolute Gasteiger partial charge is 0.0906 e. The molecule has 0 spiro atoms. The SMILES string of the molecule is CC1=C(Br)N(C)C(C)S1. The van der Waals surface area contributed by atoms with E-state index in [2.05, 4.69) is 41.7 Å². The lowest BCUT2D eigenvalue weighted by atomic mass is 10.6. The maximum Gasteiger partial charge on any atom is 0.0906 e. The van der Waals surface area contributed by atoms with Gasteiger partial charge in [-0.1, -0.05) is 0 Å². The van der Waals surface area contributed by atoms with E-state index in [1.165, 1.54) is 9.51 Å². The van der Waals surface area contributed by atoms with Gasteiger partial charge in [0.25, 0.3) is 0 Å². The average molecular weight is 208 g/mol. The first-order chi connectivity index (χ1) is 4.13. The monoisotopic (exact) mass is 207 g/mol. The van der Waals surface area contributed by atoms with Crippen LogP contribution in [0.5, 0.6) is 0 Å². The number of halogens is 1. The standard InChI is InChI=1S/C6H10BrNS/c1-4-6(7)8(3)5(2)9-4/h5H,1-3H3. The molecule has 0 fully saturated rings. The summed E-state index contributed by atoms with van der Waals surface area (Å²) < 4.78 is 1.24. The third-order valence-corrected chi connectivity index (χ3v) is 4.11. The van der Waals surface area contributed by atoms with Gasteiger partial charge in [0.15, 0.2) is 0 Å². The highest BCUT2D eigenvalue weighted by atomic mass is 79.9. The Hall–Kier alpha value is 0.370. The minimum Gasteiger partial charge on any atom is -0.356 e. The van der Waals surface area contributed by atoms with E-state index in [-0.39, 0.29) is 0 Å². The van der Waals surface area contributed by atoms with Gasteiger partial charge in [-0.25, -0.2) is 0 Å². The van der Waals surface area contributed by atoms with Crippen molar-refractivity contribution in [2.24, 2.45) is 0 Å². The highest BCUT2D eigenvalue weighted by Gasteiger charge is 2.21. The van der Waals surface area contributed by atoms with E-state index in [1.54, 1.807) is 0 Å². The van der Waals surface area contributed by atoms with Crippen LogP contribution in [0.4, 0.5) is 0 Å². The molecular weight excluding hydrogens is 198 g/mol.